The highest BCUT2D eigenvalue weighted by Crippen LogP contribution is 2.59. The Hall–Kier alpha value is -6.82. The predicted molar refractivity (Wildman–Crippen MR) is 353 cm³/mol. The van der Waals surface area contributed by atoms with Crippen molar-refractivity contribution < 1.29 is 0 Å². The van der Waals surface area contributed by atoms with Crippen LogP contribution in [0.2, 0.25) is 0 Å². The monoisotopic (exact) mass is 1080 g/mol. The van der Waals surface area contributed by atoms with Crippen LogP contribution in [-0.4, -0.2) is 11.3 Å². The SMILES string of the molecule is CC(C)(C)c1ccc(N2c3cccc4c3B(c3ccc5c(c3N4c3ccc(C(C)(C)C)cc3)c3cc(C(C)(C)C)ccc3n5-c3ccc(C(C)(C)C)cc3)c3sc4cc5c(cc4c32)-c2cc3c(cc2C5(C)C)C(C)(C)CC3(C)C)cc1. The van der Waals surface area contributed by atoms with Crippen molar-refractivity contribution in [3.05, 3.63) is 190 Å². The number of thiophene rings is 1. The molecule has 5 heteroatoms. The fourth-order valence-corrected chi connectivity index (χ4v) is 16.6. The third kappa shape index (κ3) is 7.58. The normalized spacial score (nSPS) is 16.7. The van der Waals surface area contributed by atoms with Crippen LogP contribution in [0.1, 0.15) is 176 Å². The van der Waals surface area contributed by atoms with E-state index in [4.69, 9.17) is 0 Å². The summed E-state index contributed by atoms with van der Waals surface area (Å²) in [4.78, 5) is 5.31. The van der Waals surface area contributed by atoms with Crippen LogP contribution in [0.5, 0.6) is 0 Å². The lowest BCUT2D eigenvalue weighted by Crippen LogP contribution is -2.60. The molecular weight excluding hydrogens is 998 g/mol. The lowest BCUT2D eigenvalue weighted by molar-refractivity contribution is 0.403. The minimum Gasteiger partial charge on any atom is -0.311 e. The Balaban J connectivity index is 1.10. The average molecular weight is 1080 g/mol. The highest BCUT2D eigenvalue weighted by molar-refractivity contribution is 7.33. The van der Waals surface area contributed by atoms with Crippen LogP contribution in [0.25, 0.3) is 48.7 Å². The molecule has 0 amide bonds. The van der Waals surface area contributed by atoms with Crippen molar-refractivity contribution in [3.63, 3.8) is 0 Å². The molecule has 2 aromatic heterocycles. The molecule has 3 nitrogen and oxygen atoms in total. The number of anilines is 6. The topological polar surface area (TPSA) is 11.4 Å². The average Bonchev–Trinajstić information content (AvgIpc) is 2.23. The van der Waals surface area contributed by atoms with E-state index in [-0.39, 0.29) is 44.6 Å². The largest absolute Gasteiger partial charge is 0.311 e. The van der Waals surface area contributed by atoms with Gasteiger partial charge in [-0.05, 0) is 190 Å². The number of fused-ring (bicyclic) bond motifs is 14. The van der Waals surface area contributed by atoms with Gasteiger partial charge in [0, 0.05) is 59.5 Å². The number of hydrogen-bond donors (Lipinski definition) is 0. The Labute approximate surface area is 487 Å². The van der Waals surface area contributed by atoms with Gasteiger partial charge in [0.1, 0.15) is 0 Å². The van der Waals surface area contributed by atoms with Crippen LogP contribution in [-0.2, 0) is 37.9 Å². The minimum absolute atomic E-state index is 0.00751. The van der Waals surface area contributed by atoms with Gasteiger partial charge in [0.25, 0.3) is 6.71 Å². The van der Waals surface area contributed by atoms with Crippen molar-refractivity contribution in [1.29, 1.82) is 0 Å². The maximum atomic E-state index is 2.66. The molecule has 0 unspecified atom stereocenters. The molecule has 408 valence electrons. The second kappa shape index (κ2) is 16.7. The van der Waals surface area contributed by atoms with Gasteiger partial charge in [-0.2, -0.15) is 0 Å². The van der Waals surface area contributed by atoms with Crippen molar-refractivity contribution in [2.75, 3.05) is 9.80 Å². The Morgan fingerprint density at radius 2 is 0.901 bits per heavy atom. The quantitative estimate of drug-likeness (QED) is 0.163. The standard InChI is InChI=1S/C76H80BN3S/c1-70(2,3)44-22-29-48(30-23-44)78-60-36-28-47(73(10,11)12)38-53(60)65-61(78)37-35-59-68(65)80(50-33-26-46(27-34-50)72(7,8)9)63-21-19-20-62-66(63)77(59)69-67(79(62)49-31-24-45(25-32-49)71(4,5)6)54-39-51-52-40-57-58(75(15,16)43-74(57,13)14)41-55(52)76(17,18)56(51)42-64(54)81-69/h19-42H,43H2,1-18H3. The molecule has 10 aromatic rings. The summed E-state index contributed by atoms with van der Waals surface area (Å²) in [5, 5.41) is 3.91. The summed E-state index contributed by atoms with van der Waals surface area (Å²) in [5.41, 5.74) is 28.0. The van der Waals surface area contributed by atoms with Gasteiger partial charge >= 0.3 is 0 Å². The molecule has 0 fully saturated rings. The summed E-state index contributed by atoms with van der Waals surface area (Å²) < 4.78 is 5.30. The summed E-state index contributed by atoms with van der Waals surface area (Å²) in [6.45, 7) is 42.7. The van der Waals surface area contributed by atoms with Crippen molar-refractivity contribution >= 4 is 99.8 Å². The molecule has 14 rings (SSSR count). The highest BCUT2D eigenvalue weighted by Gasteiger charge is 2.49. The Bertz CT molecular complexity index is 4300. The maximum absolute atomic E-state index is 2.66. The fourth-order valence-electron chi connectivity index (χ4n) is 15.3. The zero-order valence-corrected chi connectivity index (χ0v) is 52.2. The van der Waals surface area contributed by atoms with Crippen molar-refractivity contribution in [2.45, 2.75) is 169 Å². The predicted octanol–water partition coefficient (Wildman–Crippen LogP) is 19.5. The summed E-state index contributed by atoms with van der Waals surface area (Å²) in [6, 6.07) is 58.4. The van der Waals surface area contributed by atoms with E-state index in [1.807, 2.05) is 11.3 Å². The molecule has 81 heavy (non-hydrogen) atoms. The first-order valence-corrected chi connectivity index (χ1v) is 30.7. The first kappa shape index (κ1) is 52.3. The maximum Gasteiger partial charge on any atom is 0.264 e. The molecule has 0 radical (unpaired) electrons. The van der Waals surface area contributed by atoms with Crippen LogP contribution in [0.15, 0.2) is 146 Å². The molecule has 0 saturated carbocycles. The van der Waals surface area contributed by atoms with Gasteiger partial charge in [0.05, 0.1) is 22.4 Å². The molecule has 0 bridgehead atoms. The lowest BCUT2D eigenvalue weighted by Gasteiger charge is -2.43. The van der Waals surface area contributed by atoms with Crippen LogP contribution in [0, 0.1) is 0 Å². The Morgan fingerprint density at radius 1 is 0.432 bits per heavy atom. The molecule has 0 N–H and O–H groups in total. The Morgan fingerprint density at radius 3 is 1.44 bits per heavy atom. The molecule has 0 spiro atoms. The van der Waals surface area contributed by atoms with E-state index in [1.54, 1.807) is 0 Å². The number of aromatic nitrogens is 1. The van der Waals surface area contributed by atoms with Crippen LogP contribution < -0.4 is 25.5 Å². The summed E-state index contributed by atoms with van der Waals surface area (Å²) in [6.07, 6.45) is 1.16. The van der Waals surface area contributed by atoms with Gasteiger partial charge in [-0.3, -0.25) is 0 Å². The zero-order chi connectivity index (χ0) is 57.2. The second-order valence-corrected chi connectivity index (χ2v) is 31.7. The number of hydrogen-bond acceptors (Lipinski definition) is 3. The van der Waals surface area contributed by atoms with E-state index < -0.39 is 0 Å². The molecule has 2 aliphatic heterocycles. The van der Waals surface area contributed by atoms with Gasteiger partial charge in [-0.1, -0.05) is 185 Å². The van der Waals surface area contributed by atoms with E-state index >= 15 is 0 Å². The number of rotatable bonds is 3. The first-order valence-electron chi connectivity index (χ1n) is 29.9. The summed E-state index contributed by atoms with van der Waals surface area (Å²) >= 11 is 2.03. The molecule has 0 saturated heterocycles. The van der Waals surface area contributed by atoms with Crippen molar-refractivity contribution in [3.8, 4) is 16.8 Å². The van der Waals surface area contributed by atoms with E-state index in [0.717, 1.165) is 6.42 Å². The smallest absolute Gasteiger partial charge is 0.264 e. The molecule has 4 aliphatic rings. The van der Waals surface area contributed by atoms with Crippen LogP contribution >= 0.6 is 11.3 Å². The fraction of sp³-hybridized carbons (Fsp3) is 0.342. The van der Waals surface area contributed by atoms with Crippen molar-refractivity contribution in [2.24, 2.45) is 0 Å². The summed E-state index contributed by atoms with van der Waals surface area (Å²) in [5.74, 6) is 0. The highest BCUT2D eigenvalue weighted by atomic mass is 32.1. The van der Waals surface area contributed by atoms with E-state index in [2.05, 4.69) is 285 Å². The second-order valence-electron chi connectivity index (χ2n) is 30.6. The number of benzene rings is 8. The van der Waals surface area contributed by atoms with Gasteiger partial charge in [0.2, 0.25) is 0 Å². The molecular formula is C76H80BN3S. The Kier molecular flexibility index (Phi) is 10.8. The minimum atomic E-state index is -0.154. The molecule has 2 aliphatic carbocycles. The molecule has 8 aromatic carbocycles. The third-order valence-corrected chi connectivity index (χ3v) is 20.8. The van der Waals surface area contributed by atoms with Gasteiger partial charge < -0.3 is 14.4 Å². The first-order chi connectivity index (χ1) is 37.9. The van der Waals surface area contributed by atoms with Crippen LogP contribution in [0.3, 0.4) is 0 Å². The zero-order valence-electron chi connectivity index (χ0n) is 51.4. The van der Waals surface area contributed by atoms with E-state index in [0.29, 0.717) is 0 Å². The van der Waals surface area contributed by atoms with Gasteiger partial charge in [-0.25, -0.2) is 0 Å². The van der Waals surface area contributed by atoms with Gasteiger partial charge in [0.15, 0.2) is 0 Å². The van der Waals surface area contributed by atoms with Crippen LogP contribution in [0.4, 0.5) is 34.1 Å². The third-order valence-electron chi connectivity index (χ3n) is 19.6. The van der Waals surface area contributed by atoms with Gasteiger partial charge in [-0.15, -0.1) is 11.3 Å². The molecule has 0 atom stereocenters. The lowest BCUT2D eigenvalue weighted by atomic mass is 9.36. The van der Waals surface area contributed by atoms with Crippen molar-refractivity contribution in [1.82, 2.24) is 4.57 Å². The van der Waals surface area contributed by atoms with E-state index in [9.17, 15) is 0 Å². The summed E-state index contributed by atoms with van der Waals surface area (Å²) in [7, 11) is 0. The van der Waals surface area contributed by atoms with E-state index in [1.165, 1.54) is 143 Å². The number of nitrogens with zero attached hydrogens (tertiary/aromatic N) is 3. The molecule has 4 heterocycles.